The molecule has 0 aromatic carbocycles. The normalized spacial score (nSPS) is 11.1. The molecule has 0 bridgehead atoms. The van der Waals surface area contributed by atoms with Crippen LogP contribution in [0.25, 0.3) is 0 Å². The van der Waals surface area contributed by atoms with Crippen molar-refractivity contribution in [2.24, 2.45) is 5.92 Å². The molecule has 0 aliphatic heterocycles. The Hall–Kier alpha value is -0.760. The summed E-state index contributed by atoms with van der Waals surface area (Å²) in [6, 6.07) is 1.98. The maximum atomic E-state index is 11.8. The fraction of sp³-hybridized carbons (Fsp3) is 0.615. The molecule has 0 fully saturated rings. The van der Waals surface area contributed by atoms with Gasteiger partial charge < -0.3 is 4.57 Å². The van der Waals surface area contributed by atoms with E-state index < -0.39 is 0 Å². The Labute approximate surface area is 103 Å². The molecule has 0 amide bonds. The monoisotopic (exact) mass is 241 g/mol. The first kappa shape index (κ1) is 13.3. The fourth-order valence-electron chi connectivity index (χ4n) is 1.95. The molecule has 1 rings (SSSR count). The average molecular weight is 242 g/mol. The van der Waals surface area contributed by atoms with Gasteiger partial charge in [-0.2, -0.15) is 0 Å². The molecule has 16 heavy (non-hydrogen) atoms. The van der Waals surface area contributed by atoms with E-state index in [0.29, 0.717) is 18.2 Å². The van der Waals surface area contributed by atoms with Crippen LogP contribution < -0.4 is 0 Å². The van der Waals surface area contributed by atoms with Gasteiger partial charge in [0.25, 0.3) is 0 Å². The summed E-state index contributed by atoms with van der Waals surface area (Å²) in [5.41, 5.74) is 3.06. The number of alkyl halides is 1. The van der Waals surface area contributed by atoms with Gasteiger partial charge in [-0.15, -0.1) is 11.6 Å². The summed E-state index contributed by atoms with van der Waals surface area (Å²) in [5.74, 6) is 1.13. The summed E-state index contributed by atoms with van der Waals surface area (Å²) in [4.78, 5) is 11.8. The molecule has 1 aromatic heterocycles. The van der Waals surface area contributed by atoms with Gasteiger partial charge in [-0.3, -0.25) is 4.79 Å². The molecule has 2 nitrogen and oxygen atoms in total. The molecule has 0 aliphatic rings. The van der Waals surface area contributed by atoms with Gasteiger partial charge in [-0.1, -0.05) is 13.8 Å². The van der Waals surface area contributed by atoms with Gasteiger partial charge in [-0.25, -0.2) is 0 Å². The predicted octanol–water partition coefficient (Wildman–Crippen LogP) is 3.57. The van der Waals surface area contributed by atoms with Crippen LogP contribution in [0.15, 0.2) is 6.07 Å². The van der Waals surface area contributed by atoms with Gasteiger partial charge in [0.15, 0.2) is 5.78 Å². The number of hydrogen-bond acceptors (Lipinski definition) is 1. The van der Waals surface area contributed by atoms with Crippen LogP contribution in [0, 0.1) is 19.8 Å². The predicted molar refractivity (Wildman–Crippen MR) is 68.4 cm³/mol. The third-order valence-corrected chi connectivity index (χ3v) is 2.93. The van der Waals surface area contributed by atoms with Crippen molar-refractivity contribution in [3.8, 4) is 0 Å². The van der Waals surface area contributed by atoms with Gasteiger partial charge in [0.2, 0.25) is 0 Å². The van der Waals surface area contributed by atoms with E-state index in [1.165, 1.54) is 0 Å². The molecular weight excluding hydrogens is 222 g/mol. The van der Waals surface area contributed by atoms with Gasteiger partial charge in [-0.05, 0) is 25.8 Å². The van der Waals surface area contributed by atoms with Gasteiger partial charge >= 0.3 is 0 Å². The first-order valence-corrected chi connectivity index (χ1v) is 6.26. The van der Waals surface area contributed by atoms with Gasteiger partial charge in [0.1, 0.15) is 0 Å². The Bertz CT molecular complexity index is 380. The van der Waals surface area contributed by atoms with Crippen LogP contribution in [0.4, 0.5) is 0 Å². The molecule has 3 heteroatoms. The number of carbonyl (C=O) groups excluding carboxylic acids is 1. The van der Waals surface area contributed by atoms with E-state index in [9.17, 15) is 4.79 Å². The SMILES string of the molecule is Cc1cc(C(=O)CCCl)c(C)n1CC(C)C. The van der Waals surface area contributed by atoms with Crippen LogP contribution in [0.2, 0.25) is 0 Å². The summed E-state index contributed by atoms with van der Waals surface area (Å²) in [6.07, 6.45) is 0.424. The zero-order valence-electron chi connectivity index (χ0n) is 10.5. The molecule has 0 atom stereocenters. The Morgan fingerprint density at radius 2 is 2.06 bits per heavy atom. The van der Waals surface area contributed by atoms with Crippen LogP contribution in [0.1, 0.15) is 42.0 Å². The number of aryl methyl sites for hydroxylation is 1. The highest BCUT2D eigenvalue weighted by Gasteiger charge is 2.15. The molecule has 0 saturated heterocycles. The van der Waals surface area contributed by atoms with E-state index in [4.69, 9.17) is 11.6 Å². The zero-order chi connectivity index (χ0) is 12.3. The molecule has 0 spiro atoms. The highest BCUT2D eigenvalue weighted by Crippen LogP contribution is 2.18. The van der Waals surface area contributed by atoms with Crippen molar-refractivity contribution in [3.63, 3.8) is 0 Å². The van der Waals surface area contributed by atoms with Crippen molar-refractivity contribution in [1.29, 1.82) is 0 Å². The van der Waals surface area contributed by atoms with Crippen molar-refractivity contribution in [1.82, 2.24) is 4.57 Å². The van der Waals surface area contributed by atoms with Crippen LogP contribution in [0.3, 0.4) is 0 Å². The Kier molecular flexibility index (Phi) is 4.60. The summed E-state index contributed by atoms with van der Waals surface area (Å²) in [7, 11) is 0. The van der Waals surface area contributed by atoms with E-state index >= 15 is 0 Å². The number of nitrogens with zero attached hydrogens (tertiary/aromatic N) is 1. The number of carbonyl (C=O) groups is 1. The maximum absolute atomic E-state index is 11.8. The van der Waals surface area contributed by atoms with E-state index in [1.54, 1.807) is 0 Å². The number of Topliss-reactive ketones (excluding diaryl/α,β-unsaturated/α-hetero) is 1. The van der Waals surface area contributed by atoms with E-state index in [2.05, 4.69) is 18.4 Å². The van der Waals surface area contributed by atoms with Crippen molar-refractivity contribution in [2.45, 2.75) is 40.7 Å². The minimum absolute atomic E-state index is 0.151. The van der Waals surface area contributed by atoms with Crippen LogP contribution in [-0.2, 0) is 6.54 Å². The van der Waals surface area contributed by atoms with Gasteiger partial charge in [0.05, 0.1) is 0 Å². The van der Waals surface area contributed by atoms with Crippen molar-refractivity contribution >= 4 is 17.4 Å². The third-order valence-electron chi connectivity index (χ3n) is 2.74. The minimum atomic E-state index is 0.151. The van der Waals surface area contributed by atoms with Crippen molar-refractivity contribution < 1.29 is 4.79 Å². The quantitative estimate of drug-likeness (QED) is 0.571. The Balaban J connectivity index is 3.01. The molecule has 0 saturated carbocycles. The topological polar surface area (TPSA) is 22.0 Å². The lowest BCUT2D eigenvalue weighted by Gasteiger charge is -2.12. The van der Waals surface area contributed by atoms with E-state index in [-0.39, 0.29) is 5.78 Å². The number of rotatable bonds is 5. The second kappa shape index (κ2) is 5.53. The lowest BCUT2D eigenvalue weighted by molar-refractivity contribution is 0.0988. The van der Waals surface area contributed by atoms with E-state index in [0.717, 1.165) is 23.5 Å². The van der Waals surface area contributed by atoms with Crippen LogP contribution in [-0.4, -0.2) is 16.2 Å². The highest BCUT2D eigenvalue weighted by molar-refractivity contribution is 6.19. The Morgan fingerprint density at radius 3 is 2.56 bits per heavy atom. The number of ketones is 1. The lowest BCUT2D eigenvalue weighted by Crippen LogP contribution is -2.09. The largest absolute Gasteiger partial charge is 0.348 e. The van der Waals surface area contributed by atoms with Gasteiger partial charge in [0, 0.05) is 35.8 Å². The standard InChI is InChI=1S/C13H20ClNO/c1-9(2)8-15-10(3)7-12(11(15)4)13(16)5-6-14/h7,9H,5-6,8H2,1-4H3. The minimum Gasteiger partial charge on any atom is -0.348 e. The molecule has 0 N–H and O–H groups in total. The number of hydrogen-bond donors (Lipinski definition) is 0. The summed E-state index contributed by atoms with van der Waals surface area (Å²) >= 11 is 5.60. The second-order valence-electron chi connectivity index (χ2n) is 4.65. The molecule has 0 aliphatic carbocycles. The zero-order valence-corrected chi connectivity index (χ0v) is 11.3. The van der Waals surface area contributed by atoms with Crippen molar-refractivity contribution in [3.05, 3.63) is 23.0 Å². The summed E-state index contributed by atoms with van der Waals surface area (Å²) in [5, 5.41) is 0. The molecule has 1 aromatic rings. The second-order valence-corrected chi connectivity index (χ2v) is 5.03. The molecule has 0 unspecified atom stereocenters. The molecular formula is C13H20ClNO. The summed E-state index contributed by atoms with van der Waals surface area (Å²) in [6.45, 7) is 9.38. The first-order chi connectivity index (χ1) is 7.47. The van der Waals surface area contributed by atoms with Crippen LogP contribution >= 0.6 is 11.6 Å². The first-order valence-electron chi connectivity index (χ1n) is 5.73. The average Bonchev–Trinajstić information content (AvgIpc) is 2.45. The van der Waals surface area contributed by atoms with Crippen LogP contribution in [0.5, 0.6) is 0 Å². The Morgan fingerprint density at radius 1 is 1.44 bits per heavy atom. The molecule has 0 radical (unpaired) electrons. The smallest absolute Gasteiger partial charge is 0.165 e. The molecule has 90 valence electrons. The third kappa shape index (κ3) is 2.88. The summed E-state index contributed by atoms with van der Waals surface area (Å²) < 4.78 is 2.21. The number of aromatic nitrogens is 1. The molecule has 1 heterocycles. The maximum Gasteiger partial charge on any atom is 0.165 e. The van der Waals surface area contributed by atoms with E-state index in [1.807, 2.05) is 19.9 Å². The fourth-order valence-corrected chi connectivity index (χ4v) is 2.12. The lowest BCUT2D eigenvalue weighted by atomic mass is 10.1. The number of halogens is 1. The highest BCUT2D eigenvalue weighted by atomic mass is 35.5. The van der Waals surface area contributed by atoms with Crippen molar-refractivity contribution in [2.75, 3.05) is 5.88 Å².